The van der Waals surface area contributed by atoms with Crippen molar-refractivity contribution in [3.63, 3.8) is 0 Å². The number of piperidine rings is 1. The third kappa shape index (κ3) is 3.25. The third-order valence-electron chi connectivity index (χ3n) is 3.32. The van der Waals surface area contributed by atoms with Gasteiger partial charge in [-0.15, -0.1) is 0 Å². The molecule has 1 fully saturated rings. The molecule has 0 aromatic rings. The van der Waals surface area contributed by atoms with Gasteiger partial charge in [0, 0.05) is 18.6 Å². The van der Waals surface area contributed by atoms with E-state index in [9.17, 15) is 0 Å². The highest BCUT2D eigenvalue weighted by Gasteiger charge is 2.26. The van der Waals surface area contributed by atoms with Crippen LogP contribution in [-0.4, -0.2) is 36.6 Å². The van der Waals surface area contributed by atoms with Crippen LogP contribution in [0.5, 0.6) is 0 Å². The normalized spacial score (nSPS) is 29.8. The van der Waals surface area contributed by atoms with E-state index in [0.29, 0.717) is 6.04 Å². The molecule has 1 saturated heterocycles. The van der Waals surface area contributed by atoms with Gasteiger partial charge in [-0.05, 0) is 45.7 Å². The Bertz CT molecular complexity index is 156. The Balaban J connectivity index is 2.32. The van der Waals surface area contributed by atoms with Crippen molar-refractivity contribution in [3.05, 3.63) is 0 Å². The van der Waals surface area contributed by atoms with E-state index < -0.39 is 0 Å². The fourth-order valence-corrected chi connectivity index (χ4v) is 2.28. The van der Waals surface area contributed by atoms with Crippen LogP contribution in [0, 0.1) is 5.92 Å². The number of nitrogens with zero attached hydrogens (tertiary/aromatic N) is 1. The van der Waals surface area contributed by atoms with Crippen molar-refractivity contribution in [1.82, 2.24) is 10.2 Å². The first-order chi connectivity index (χ1) is 6.65. The van der Waals surface area contributed by atoms with E-state index in [0.717, 1.165) is 12.0 Å². The summed E-state index contributed by atoms with van der Waals surface area (Å²) < 4.78 is 0. The highest BCUT2D eigenvalue weighted by molar-refractivity contribution is 4.83. The van der Waals surface area contributed by atoms with Crippen LogP contribution in [0.3, 0.4) is 0 Å². The van der Waals surface area contributed by atoms with Crippen LogP contribution in [0.4, 0.5) is 0 Å². The lowest BCUT2D eigenvalue weighted by atomic mass is 9.93. The maximum Gasteiger partial charge on any atom is 0.0117 e. The van der Waals surface area contributed by atoms with Crippen molar-refractivity contribution >= 4 is 0 Å². The van der Waals surface area contributed by atoms with Gasteiger partial charge in [0.05, 0.1) is 0 Å². The summed E-state index contributed by atoms with van der Waals surface area (Å²) in [6.07, 6.45) is 2.57. The molecule has 0 spiro atoms. The third-order valence-corrected chi connectivity index (χ3v) is 3.32. The first-order valence-electron chi connectivity index (χ1n) is 6.12. The number of hydrogen-bond donors (Lipinski definition) is 1. The fourth-order valence-electron chi connectivity index (χ4n) is 2.28. The second-order valence-corrected chi connectivity index (χ2v) is 4.92. The quantitative estimate of drug-likeness (QED) is 0.744. The molecule has 0 amide bonds. The summed E-state index contributed by atoms with van der Waals surface area (Å²) >= 11 is 0. The van der Waals surface area contributed by atoms with E-state index in [1.165, 1.54) is 32.5 Å². The molecule has 0 radical (unpaired) electrons. The minimum atomic E-state index is 0.713. The van der Waals surface area contributed by atoms with Crippen molar-refractivity contribution in [2.75, 3.05) is 19.6 Å². The lowest BCUT2D eigenvalue weighted by Gasteiger charge is -2.39. The summed E-state index contributed by atoms with van der Waals surface area (Å²) in [6, 6.07) is 1.47. The van der Waals surface area contributed by atoms with Gasteiger partial charge in [-0.1, -0.05) is 13.8 Å². The van der Waals surface area contributed by atoms with Gasteiger partial charge in [-0.3, -0.25) is 0 Å². The summed E-state index contributed by atoms with van der Waals surface area (Å²) in [6.45, 7) is 12.9. The van der Waals surface area contributed by atoms with E-state index in [1.54, 1.807) is 0 Å². The Hall–Kier alpha value is -0.0800. The standard InChI is InChI=1S/C12H26N2/c1-5-7-13-12-6-8-14(10(2)3)9-11(12)4/h10-13H,5-9H2,1-4H3. The molecule has 0 aromatic heterocycles. The molecule has 1 rings (SSSR count). The van der Waals surface area contributed by atoms with Gasteiger partial charge >= 0.3 is 0 Å². The minimum Gasteiger partial charge on any atom is -0.314 e. The minimum absolute atomic E-state index is 0.713. The van der Waals surface area contributed by atoms with Gasteiger partial charge in [0.15, 0.2) is 0 Å². The van der Waals surface area contributed by atoms with Gasteiger partial charge in [-0.25, -0.2) is 0 Å². The van der Waals surface area contributed by atoms with Crippen LogP contribution in [0.25, 0.3) is 0 Å². The topological polar surface area (TPSA) is 15.3 Å². The van der Waals surface area contributed by atoms with Crippen molar-refractivity contribution in [1.29, 1.82) is 0 Å². The van der Waals surface area contributed by atoms with Gasteiger partial charge in [0.25, 0.3) is 0 Å². The molecule has 2 atom stereocenters. The maximum absolute atomic E-state index is 3.65. The van der Waals surface area contributed by atoms with E-state index in [2.05, 4.69) is 37.9 Å². The zero-order chi connectivity index (χ0) is 10.6. The Morgan fingerprint density at radius 3 is 2.64 bits per heavy atom. The van der Waals surface area contributed by atoms with Crippen LogP contribution in [0.1, 0.15) is 40.5 Å². The van der Waals surface area contributed by atoms with Crippen LogP contribution >= 0.6 is 0 Å². The summed E-state index contributed by atoms with van der Waals surface area (Å²) in [5.74, 6) is 0.803. The monoisotopic (exact) mass is 198 g/mol. The van der Waals surface area contributed by atoms with Crippen molar-refractivity contribution < 1.29 is 0 Å². The highest BCUT2D eigenvalue weighted by Crippen LogP contribution is 2.18. The molecule has 1 aliphatic rings. The molecule has 14 heavy (non-hydrogen) atoms. The Morgan fingerprint density at radius 2 is 2.14 bits per heavy atom. The van der Waals surface area contributed by atoms with Crippen molar-refractivity contribution in [2.24, 2.45) is 5.92 Å². The zero-order valence-corrected chi connectivity index (χ0v) is 10.2. The molecule has 0 aliphatic carbocycles. The molecule has 0 saturated carbocycles. The average Bonchev–Trinajstić information content (AvgIpc) is 2.15. The van der Waals surface area contributed by atoms with Gasteiger partial charge in [-0.2, -0.15) is 0 Å². The molecule has 0 aromatic carbocycles. The first kappa shape index (κ1) is 12.0. The van der Waals surface area contributed by atoms with E-state index >= 15 is 0 Å². The molecule has 2 heteroatoms. The first-order valence-corrected chi connectivity index (χ1v) is 6.12. The summed E-state index contributed by atoms with van der Waals surface area (Å²) in [5.41, 5.74) is 0. The van der Waals surface area contributed by atoms with E-state index in [1.807, 2.05) is 0 Å². The summed E-state index contributed by atoms with van der Waals surface area (Å²) in [4.78, 5) is 2.59. The van der Waals surface area contributed by atoms with Crippen LogP contribution < -0.4 is 5.32 Å². The Kier molecular flexibility index (Phi) is 4.90. The van der Waals surface area contributed by atoms with E-state index in [4.69, 9.17) is 0 Å². The maximum atomic E-state index is 3.65. The molecule has 1 aliphatic heterocycles. The molecule has 1 N–H and O–H groups in total. The molecule has 2 nitrogen and oxygen atoms in total. The largest absolute Gasteiger partial charge is 0.314 e. The van der Waals surface area contributed by atoms with Crippen LogP contribution in [0.2, 0.25) is 0 Å². The van der Waals surface area contributed by atoms with Crippen molar-refractivity contribution in [2.45, 2.75) is 52.6 Å². The molecule has 0 bridgehead atoms. The number of nitrogens with one attached hydrogen (secondary N) is 1. The highest BCUT2D eigenvalue weighted by atomic mass is 15.2. The second kappa shape index (κ2) is 5.72. The molecular weight excluding hydrogens is 172 g/mol. The molecule has 84 valence electrons. The van der Waals surface area contributed by atoms with Crippen LogP contribution in [-0.2, 0) is 0 Å². The summed E-state index contributed by atoms with van der Waals surface area (Å²) in [7, 11) is 0. The smallest absolute Gasteiger partial charge is 0.0117 e. The van der Waals surface area contributed by atoms with Crippen LogP contribution in [0.15, 0.2) is 0 Å². The number of hydrogen-bond acceptors (Lipinski definition) is 2. The van der Waals surface area contributed by atoms with Gasteiger partial charge in [0.1, 0.15) is 0 Å². The summed E-state index contributed by atoms with van der Waals surface area (Å²) in [5, 5.41) is 3.65. The molecule has 1 heterocycles. The molecular formula is C12H26N2. The lowest BCUT2D eigenvalue weighted by molar-refractivity contribution is 0.118. The second-order valence-electron chi connectivity index (χ2n) is 4.92. The van der Waals surface area contributed by atoms with E-state index in [-0.39, 0.29) is 0 Å². The average molecular weight is 198 g/mol. The molecule has 2 unspecified atom stereocenters. The zero-order valence-electron chi connectivity index (χ0n) is 10.2. The fraction of sp³-hybridized carbons (Fsp3) is 1.00. The Morgan fingerprint density at radius 1 is 1.43 bits per heavy atom. The number of rotatable bonds is 4. The number of likely N-dealkylation sites (tertiary alicyclic amines) is 1. The Labute approximate surface area is 89.1 Å². The predicted octanol–water partition coefficient (Wildman–Crippen LogP) is 2.10. The SMILES string of the molecule is CCCNC1CCN(C(C)C)CC1C. The lowest BCUT2D eigenvalue weighted by Crippen LogP contribution is -2.50. The predicted molar refractivity (Wildman–Crippen MR) is 62.6 cm³/mol. The van der Waals surface area contributed by atoms with Gasteiger partial charge < -0.3 is 10.2 Å². The van der Waals surface area contributed by atoms with Crippen molar-refractivity contribution in [3.8, 4) is 0 Å². The van der Waals surface area contributed by atoms with Gasteiger partial charge in [0.2, 0.25) is 0 Å².